The third-order valence-corrected chi connectivity index (χ3v) is 6.24. The molecule has 1 aromatic carbocycles. The molecule has 0 atom stereocenters. The minimum atomic E-state index is -3.64. The molecule has 0 aromatic heterocycles. The van der Waals surface area contributed by atoms with E-state index in [0.29, 0.717) is 32.1 Å². The predicted octanol–water partition coefficient (Wildman–Crippen LogP) is 1.73. The summed E-state index contributed by atoms with van der Waals surface area (Å²) in [4.78, 5) is 2.24. The van der Waals surface area contributed by atoms with E-state index in [1.54, 1.807) is 16.4 Å². The molecule has 0 unspecified atom stereocenters. The van der Waals surface area contributed by atoms with Crippen LogP contribution in [0.25, 0.3) is 0 Å². The Labute approximate surface area is 145 Å². The van der Waals surface area contributed by atoms with Gasteiger partial charge in [0, 0.05) is 32.3 Å². The molecule has 0 aliphatic carbocycles. The molecule has 0 spiro atoms. The Morgan fingerprint density at radius 2 is 1.88 bits per heavy atom. The van der Waals surface area contributed by atoms with Gasteiger partial charge in [0.05, 0.1) is 7.11 Å². The van der Waals surface area contributed by atoms with Crippen LogP contribution in [0.3, 0.4) is 0 Å². The molecule has 0 bridgehead atoms. The number of hydrogen-bond donors (Lipinski definition) is 0. The van der Waals surface area contributed by atoms with Gasteiger partial charge in [0.1, 0.15) is 10.6 Å². The van der Waals surface area contributed by atoms with E-state index < -0.39 is 10.0 Å². The number of benzene rings is 1. The maximum atomic E-state index is 13.4. The van der Waals surface area contributed by atoms with Crippen LogP contribution < -0.4 is 4.74 Å². The number of sulfonamides is 1. The van der Waals surface area contributed by atoms with Crippen molar-refractivity contribution in [2.75, 3.05) is 47.5 Å². The van der Waals surface area contributed by atoms with Crippen molar-refractivity contribution in [1.82, 2.24) is 9.21 Å². The Balaban J connectivity index is 2.40. The predicted molar refractivity (Wildman–Crippen MR) is 94.0 cm³/mol. The number of aryl methyl sites for hydroxylation is 1. The van der Waals surface area contributed by atoms with Crippen LogP contribution >= 0.6 is 0 Å². The van der Waals surface area contributed by atoms with Gasteiger partial charge in [-0.25, -0.2) is 8.42 Å². The summed E-state index contributed by atoms with van der Waals surface area (Å²) >= 11 is 0. The van der Waals surface area contributed by atoms with E-state index in [1.807, 2.05) is 32.0 Å². The normalized spacial score (nSPS) is 16.8. The van der Waals surface area contributed by atoms with Gasteiger partial charge in [-0.2, -0.15) is 4.31 Å². The van der Waals surface area contributed by atoms with Gasteiger partial charge in [-0.1, -0.05) is 6.07 Å². The number of ether oxygens (including phenoxy) is 2. The average Bonchev–Trinajstić information content (AvgIpc) is 2.55. The summed E-state index contributed by atoms with van der Waals surface area (Å²) in [6, 6.07) is 5.23. The van der Waals surface area contributed by atoms with Gasteiger partial charge in [-0.3, -0.25) is 0 Å². The van der Waals surface area contributed by atoms with Crippen LogP contribution in [0.15, 0.2) is 23.1 Å². The number of hydrogen-bond acceptors (Lipinski definition) is 5. The maximum absolute atomic E-state index is 13.4. The fraction of sp³-hybridized carbons (Fsp3) is 0.647. The Morgan fingerprint density at radius 1 is 1.21 bits per heavy atom. The van der Waals surface area contributed by atoms with E-state index in [4.69, 9.17) is 9.47 Å². The zero-order valence-electron chi connectivity index (χ0n) is 15.0. The smallest absolute Gasteiger partial charge is 0.247 e. The second-order valence-corrected chi connectivity index (χ2v) is 8.28. The van der Waals surface area contributed by atoms with Crippen LogP contribution in [-0.2, 0) is 14.8 Å². The molecule has 0 amide bonds. The highest BCUT2D eigenvalue weighted by atomic mass is 32.2. The minimum Gasteiger partial charge on any atom is -0.495 e. The largest absolute Gasteiger partial charge is 0.495 e. The van der Waals surface area contributed by atoms with E-state index in [1.165, 1.54) is 7.11 Å². The number of nitrogens with zero attached hydrogens (tertiary/aromatic N) is 2. The molecule has 1 aliphatic rings. The van der Waals surface area contributed by atoms with Crippen molar-refractivity contribution in [3.8, 4) is 5.75 Å². The second kappa shape index (κ2) is 8.29. The zero-order valence-corrected chi connectivity index (χ0v) is 15.8. The van der Waals surface area contributed by atoms with Crippen LogP contribution in [-0.4, -0.2) is 71.2 Å². The van der Waals surface area contributed by atoms with Crippen molar-refractivity contribution in [2.24, 2.45) is 0 Å². The Morgan fingerprint density at radius 3 is 2.46 bits per heavy atom. The third kappa shape index (κ3) is 4.47. The standard InChI is InChI=1S/C17H28N2O4S/c1-14-5-6-16(22-4)17(13-14)24(20,21)19(10-9-18(2)3)15-7-11-23-12-8-15/h5-6,13,15H,7-12H2,1-4H3. The summed E-state index contributed by atoms with van der Waals surface area (Å²) in [5, 5.41) is 0. The van der Waals surface area contributed by atoms with E-state index in [2.05, 4.69) is 0 Å². The lowest BCUT2D eigenvalue weighted by Gasteiger charge is -2.34. The van der Waals surface area contributed by atoms with E-state index in [0.717, 1.165) is 18.4 Å². The van der Waals surface area contributed by atoms with Crippen LogP contribution in [0.5, 0.6) is 5.75 Å². The summed E-state index contributed by atoms with van der Waals surface area (Å²) in [5.74, 6) is 0.391. The first kappa shape index (κ1) is 19.2. The fourth-order valence-electron chi connectivity index (χ4n) is 2.88. The molecular weight excluding hydrogens is 328 g/mol. The molecule has 0 N–H and O–H groups in total. The van der Waals surface area contributed by atoms with Crippen LogP contribution in [0.1, 0.15) is 18.4 Å². The summed E-state index contributed by atoms with van der Waals surface area (Å²) < 4.78 is 39.1. The van der Waals surface area contributed by atoms with Gasteiger partial charge in [0.15, 0.2) is 0 Å². The highest BCUT2D eigenvalue weighted by molar-refractivity contribution is 7.89. The van der Waals surface area contributed by atoms with E-state index in [9.17, 15) is 8.42 Å². The fourth-order valence-corrected chi connectivity index (χ4v) is 4.80. The van der Waals surface area contributed by atoms with Crippen molar-refractivity contribution in [1.29, 1.82) is 0 Å². The molecule has 6 nitrogen and oxygen atoms in total. The van der Waals surface area contributed by atoms with Gasteiger partial charge < -0.3 is 14.4 Å². The van der Waals surface area contributed by atoms with Crippen LogP contribution in [0.2, 0.25) is 0 Å². The topological polar surface area (TPSA) is 59.1 Å². The van der Waals surface area contributed by atoms with Gasteiger partial charge >= 0.3 is 0 Å². The van der Waals surface area contributed by atoms with Crippen molar-refractivity contribution >= 4 is 10.0 Å². The number of rotatable bonds is 7. The Kier molecular flexibility index (Phi) is 6.62. The summed E-state index contributed by atoms with van der Waals surface area (Å²) in [7, 11) is 1.76. The van der Waals surface area contributed by atoms with E-state index >= 15 is 0 Å². The van der Waals surface area contributed by atoms with Gasteiger partial charge in [-0.15, -0.1) is 0 Å². The summed E-state index contributed by atoms with van der Waals surface area (Å²) in [5.41, 5.74) is 0.897. The Hall–Kier alpha value is -1.15. The molecule has 1 fully saturated rings. The molecular formula is C17H28N2O4S. The first-order valence-corrected chi connectivity index (χ1v) is 9.69. The lowest BCUT2D eigenvalue weighted by atomic mass is 10.1. The second-order valence-electron chi connectivity index (χ2n) is 6.42. The maximum Gasteiger partial charge on any atom is 0.247 e. The molecule has 1 heterocycles. The molecule has 7 heteroatoms. The van der Waals surface area contributed by atoms with Crippen molar-refractivity contribution in [3.05, 3.63) is 23.8 Å². The molecule has 0 radical (unpaired) electrons. The van der Waals surface area contributed by atoms with Gasteiger partial charge in [0.25, 0.3) is 0 Å². The van der Waals surface area contributed by atoms with Gasteiger partial charge in [-0.05, 0) is 51.6 Å². The highest BCUT2D eigenvalue weighted by Crippen LogP contribution is 2.30. The van der Waals surface area contributed by atoms with Crippen molar-refractivity contribution in [3.63, 3.8) is 0 Å². The highest BCUT2D eigenvalue weighted by Gasteiger charge is 2.34. The lowest BCUT2D eigenvalue weighted by Crippen LogP contribution is -2.46. The van der Waals surface area contributed by atoms with Crippen molar-refractivity contribution < 1.29 is 17.9 Å². The monoisotopic (exact) mass is 356 g/mol. The molecule has 24 heavy (non-hydrogen) atoms. The number of likely N-dealkylation sites (N-methyl/N-ethyl adjacent to an activating group) is 1. The molecule has 1 saturated heterocycles. The average molecular weight is 356 g/mol. The van der Waals surface area contributed by atoms with Gasteiger partial charge in [0.2, 0.25) is 10.0 Å². The number of methoxy groups -OCH3 is 1. The SMILES string of the molecule is COc1ccc(C)cc1S(=O)(=O)N(CCN(C)C)C1CCOCC1. The van der Waals surface area contributed by atoms with Crippen LogP contribution in [0.4, 0.5) is 0 Å². The first-order valence-electron chi connectivity index (χ1n) is 8.25. The van der Waals surface area contributed by atoms with Crippen molar-refractivity contribution in [2.45, 2.75) is 30.7 Å². The first-order chi connectivity index (χ1) is 11.4. The molecule has 1 aromatic rings. The zero-order chi connectivity index (χ0) is 17.7. The summed E-state index contributed by atoms with van der Waals surface area (Å²) in [6.07, 6.45) is 1.45. The lowest BCUT2D eigenvalue weighted by molar-refractivity contribution is 0.0572. The third-order valence-electron chi connectivity index (χ3n) is 4.27. The molecule has 2 rings (SSSR count). The molecule has 0 saturated carbocycles. The summed E-state index contributed by atoms with van der Waals surface area (Å²) in [6.45, 7) is 4.21. The Bertz CT molecular complexity index is 640. The quantitative estimate of drug-likeness (QED) is 0.745. The molecule has 136 valence electrons. The minimum absolute atomic E-state index is 0.0334. The van der Waals surface area contributed by atoms with E-state index in [-0.39, 0.29) is 10.9 Å². The molecule has 1 aliphatic heterocycles. The van der Waals surface area contributed by atoms with Crippen LogP contribution in [0, 0.1) is 6.92 Å².